The monoisotopic (exact) mass is 304 g/mol. The standard InChI is InChI=1S/C17H12N4O2/c22-17-14-8-4-5-9-15(14)19-20-21(17)10-13-11-23-16(18-13)12-6-2-1-3-7-12/h1-9,11H,10H2. The molecule has 4 rings (SSSR count). The lowest BCUT2D eigenvalue weighted by Gasteiger charge is -2.01. The Morgan fingerprint density at radius 3 is 2.65 bits per heavy atom. The summed E-state index contributed by atoms with van der Waals surface area (Å²) in [6.45, 7) is 0.215. The number of oxazole rings is 1. The van der Waals surface area contributed by atoms with Crippen molar-refractivity contribution in [2.45, 2.75) is 6.54 Å². The fourth-order valence-corrected chi connectivity index (χ4v) is 2.37. The summed E-state index contributed by atoms with van der Waals surface area (Å²) in [4.78, 5) is 16.8. The van der Waals surface area contributed by atoms with E-state index in [-0.39, 0.29) is 12.1 Å². The first-order valence-electron chi connectivity index (χ1n) is 7.13. The van der Waals surface area contributed by atoms with Crippen molar-refractivity contribution in [1.29, 1.82) is 0 Å². The van der Waals surface area contributed by atoms with Crippen molar-refractivity contribution in [3.8, 4) is 11.5 Å². The molecule has 0 aliphatic heterocycles. The van der Waals surface area contributed by atoms with E-state index in [0.29, 0.717) is 22.5 Å². The maximum absolute atomic E-state index is 12.4. The van der Waals surface area contributed by atoms with Gasteiger partial charge in [0.25, 0.3) is 5.56 Å². The van der Waals surface area contributed by atoms with Crippen molar-refractivity contribution in [3.63, 3.8) is 0 Å². The van der Waals surface area contributed by atoms with Gasteiger partial charge < -0.3 is 4.42 Å². The Kier molecular flexibility index (Phi) is 3.20. The van der Waals surface area contributed by atoms with Crippen LogP contribution in [0.25, 0.3) is 22.4 Å². The molecule has 0 N–H and O–H groups in total. The summed E-state index contributed by atoms with van der Waals surface area (Å²) in [5, 5.41) is 8.55. The number of benzene rings is 2. The van der Waals surface area contributed by atoms with E-state index < -0.39 is 0 Å². The minimum absolute atomic E-state index is 0.195. The molecular formula is C17H12N4O2. The molecule has 0 aliphatic carbocycles. The van der Waals surface area contributed by atoms with Crippen LogP contribution in [-0.2, 0) is 6.54 Å². The molecule has 0 aliphatic rings. The van der Waals surface area contributed by atoms with Gasteiger partial charge in [0.05, 0.1) is 11.9 Å². The molecule has 0 atom stereocenters. The highest BCUT2D eigenvalue weighted by atomic mass is 16.3. The largest absolute Gasteiger partial charge is 0.444 e. The third-order valence-electron chi connectivity index (χ3n) is 3.51. The molecule has 23 heavy (non-hydrogen) atoms. The van der Waals surface area contributed by atoms with E-state index in [0.717, 1.165) is 5.56 Å². The lowest BCUT2D eigenvalue weighted by atomic mass is 10.2. The van der Waals surface area contributed by atoms with Crippen molar-refractivity contribution in [2.24, 2.45) is 0 Å². The van der Waals surface area contributed by atoms with Gasteiger partial charge in [-0.15, -0.1) is 5.10 Å². The zero-order valence-electron chi connectivity index (χ0n) is 12.1. The van der Waals surface area contributed by atoms with Crippen LogP contribution in [0, 0.1) is 0 Å². The topological polar surface area (TPSA) is 73.8 Å². The predicted octanol–water partition coefficient (Wildman–Crippen LogP) is 2.49. The second-order valence-corrected chi connectivity index (χ2v) is 5.08. The molecule has 2 heterocycles. The van der Waals surface area contributed by atoms with Crippen molar-refractivity contribution in [2.75, 3.05) is 0 Å². The maximum Gasteiger partial charge on any atom is 0.277 e. The van der Waals surface area contributed by atoms with Crippen LogP contribution >= 0.6 is 0 Å². The van der Waals surface area contributed by atoms with Gasteiger partial charge in [-0.2, -0.15) is 0 Å². The van der Waals surface area contributed by atoms with Gasteiger partial charge in [0.2, 0.25) is 5.89 Å². The third-order valence-corrected chi connectivity index (χ3v) is 3.51. The summed E-state index contributed by atoms with van der Waals surface area (Å²) >= 11 is 0. The Morgan fingerprint density at radius 2 is 1.78 bits per heavy atom. The first kappa shape index (κ1) is 13.4. The normalized spacial score (nSPS) is 11.0. The van der Waals surface area contributed by atoms with Crippen molar-refractivity contribution >= 4 is 10.9 Å². The molecule has 0 spiro atoms. The number of rotatable bonds is 3. The van der Waals surface area contributed by atoms with Gasteiger partial charge in [0, 0.05) is 5.56 Å². The molecule has 0 radical (unpaired) electrons. The number of hydrogen-bond donors (Lipinski definition) is 0. The molecule has 6 heteroatoms. The lowest BCUT2D eigenvalue weighted by molar-refractivity contribution is 0.562. The second-order valence-electron chi connectivity index (χ2n) is 5.08. The minimum Gasteiger partial charge on any atom is -0.444 e. The first-order valence-corrected chi connectivity index (χ1v) is 7.13. The molecule has 4 aromatic rings. The SMILES string of the molecule is O=c1c2ccccc2nnn1Cc1coc(-c2ccccc2)n1. The van der Waals surface area contributed by atoms with Gasteiger partial charge in [0.15, 0.2) is 0 Å². The molecule has 112 valence electrons. The van der Waals surface area contributed by atoms with Gasteiger partial charge in [-0.3, -0.25) is 4.79 Å². The van der Waals surface area contributed by atoms with Crippen LogP contribution in [0.15, 0.2) is 70.1 Å². The zero-order valence-corrected chi connectivity index (χ0v) is 12.1. The van der Waals surface area contributed by atoms with Gasteiger partial charge in [0.1, 0.15) is 17.5 Å². The van der Waals surface area contributed by atoms with E-state index in [1.54, 1.807) is 18.2 Å². The summed E-state index contributed by atoms with van der Waals surface area (Å²) in [6, 6.07) is 16.7. The second kappa shape index (κ2) is 5.49. The van der Waals surface area contributed by atoms with Crippen LogP contribution in [0.2, 0.25) is 0 Å². The number of nitrogens with zero attached hydrogens (tertiary/aromatic N) is 4. The Balaban J connectivity index is 1.68. The fourth-order valence-electron chi connectivity index (χ4n) is 2.37. The molecule has 0 amide bonds. The highest BCUT2D eigenvalue weighted by molar-refractivity contribution is 5.76. The van der Waals surface area contributed by atoms with Crippen LogP contribution in [-0.4, -0.2) is 20.0 Å². The maximum atomic E-state index is 12.4. The molecule has 2 aromatic carbocycles. The zero-order chi connectivity index (χ0) is 15.6. The van der Waals surface area contributed by atoms with Crippen molar-refractivity contribution in [1.82, 2.24) is 20.0 Å². The minimum atomic E-state index is -0.195. The van der Waals surface area contributed by atoms with Crippen LogP contribution in [0.4, 0.5) is 0 Å². The molecule has 0 unspecified atom stereocenters. The van der Waals surface area contributed by atoms with Crippen molar-refractivity contribution < 1.29 is 4.42 Å². The number of aromatic nitrogens is 4. The predicted molar refractivity (Wildman–Crippen MR) is 84.8 cm³/mol. The first-order chi connectivity index (χ1) is 11.3. The van der Waals surface area contributed by atoms with E-state index in [1.165, 1.54) is 10.9 Å². The summed E-state index contributed by atoms with van der Waals surface area (Å²) in [5.74, 6) is 0.516. The van der Waals surface area contributed by atoms with E-state index in [9.17, 15) is 4.79 Å². The van der Waals surface area contributed by atoms with Gasteiger partial charge >= 0.3 is 0 Å². The van der Waals surface area contributed by atoms with Crippen LogP contribution in [0.1, 0.15) is 5.69 Å². The van der Waals surface area contributed by atoms with Gasteiger partial charge in [-0.1, -0.05) is 35.5 Å². The fraction of sp³-hybridized carbons (Fsp3) is 0.0588. The summed E-state index contributed by atoms with van der Waals surface area (Å²) in [5.41, 5.74) is 1.89. The van der Waals surface area contributed by atoms with E-state index in [1.807, 2.05) is 36.4 Å². The summed E-state index contributed by atoms with van der Waals surface area (Å²) < 4.78 is 6.76. The highest BCUT2D eigenvalue weighted by Gasteiger charge is 2.10. The smallest absolute Gasteiger partial charge is 0.277 e. The van der Waals surface area contributed by atoms with Crippen LogP contribution < -0.4 is 5.56 Å². The molecule has 0 bridgehead atoms. The van der Waals surface area contributed by atoms with E-state index >= 15 is 0 Å². The quantitative estimate of drug-likeness (QED) is 0.581. The molecule has 0 saturated heterocycles. The summed E-state index contributed by atoms with van der Waals surface area (Å²) in [6.07, 6.45) is 1.53. The number of fused-ring (bicyclic) bond motifs is 1. The van der Waals surface area contributed by atoms with Gasteiger partial charge in [-0.05, 0) is 24.3 Å². The molecule has 0 saturated carbocycles. The third kappa shape index (κ3) is 2.50. The van der Waals surface area contributed by atoms with Crippen LogP contribution in [0.5, 0.6) is 0 Å². The van der Waals surface area contributed by atoms with E-state index in [2.05, 4.69) is 15.3 Å². The molecule has 6 nitrogen and oxygen atoms in total. The van der Waals surface area contributed by atoms with Gasteiger partial charge in [-0.25, -0.2) is 9.67 Å². The molecule has 2 aromatic heterocycles. The van der Waals surface area contributed by atoms with Crippen LogP contribution in [0.3, 0.4) is 0 Å². The Morgan fingerprint density at radius 1 is 1.00 bits per heavy atom. The number of hydrogen-bond acceptors (Lipinski definition) is 5. The Labute approximate surface area is 131 Å². The van der Waals surface area contributed by atoms with Crippen molar-refractivity contribution in [3.05, 3.63) is 76.9 Å². The summed E-state index contributed by atoms with van der Waals surface area (Å²) in [7, 11) is 0. The average molecular weight is 304 g/mol. The van der Waals surface area contributed by atoms with E-state index in [4.69, 9.17) is 4.42 Å². The average Bonchev–Trinajstić information content (AvgIpc) is 3.07. The Hall–Kier alpha value is -3.28. The Bertz CT molecular complexity index is 1020. The molecular weight excluding hydrogens is 292 g/mol. The highest BCUT2D eigenvalue weighted by Crippen LogP contribution is 2.18. The molecule has 0 fully saturated rings. The lowest BCUT2D eigenvalue weighted by Crippen LogP contribution is -2.24.